The van der Waals surface area contributed by atoms with Crippen molar-refractivity contribution in [1.82, 2.24) is 14.6 Å². The average Bonchev–Trinajstić information content (AvgIpc) is 2.86. The highest BCUT2D eigenvalue weighted by Gasteiger charge is 2.31. The number of hydrogen-bond acceptors (Lipinski definition) is 5. The first-order chi connectivity index (χ1) is 16.4. The van der Waals surface area contributed by atoms with Gasteiger partial charge in [-0.2, -0.15) is 4.31 Å². The van der Waals surface area contributed by atoms with Crippen LogP contribution in [0.15, 0.2) is 88.2 Å². The molecule has 2 N–H and O–H groups in total. The second-order valence-corrected chi connectivity index (χ2v) is 10.8. The molecule has 9 heteroatoms. The Labute approximate surface area is 209 Å². The summed E-state index contributed by atoms with van der Waals surface area (Å²) in [5.74, 6) is -0.443. The number of sulfonamides is 1. The lowest BCUT2D eigenvalue weighted by Crippen LogP contribution is -2.40. The summed E-state index contributed by atoms with van der Waals surface area (Å²) in [5.41, 5.74) is 2.09. The van der Waals surface area contributed by atoms with E-state index in [1.165, 1.54) is 34.8 Å². The van der Waals surface area contributed by atoms with Crippen molar-refractivity contribution >= 4 is 32.2 Å². The molecule has 2 heterocycles. The van der Waals surface area contributed by atoms with Crippen LogP contribution in [0.5, 0.6) is 0 Å². The highest BCUT2D eigenvalue weighted by Crippen LogP contribution is 2.29. The molecular weight excluding hydrogens is 519 g/mol. The van der Waals surface area contributed by atoms with Crippen LogP contribution in [0.3, 0.4) is 0 Å². The predicted octanol–water partition coefficient (Wildman–Crippen LogP) is 5.17. The highest BCUT2D eigenvalue weighted by atomic mass is 79.9. The molecule has 2 aromatic rings. The van der Waals surface area contributed by atoms with E-state index in [0.29, 0.717) is 30.5 Å². The lowest BCUT2D eigenvalue weighted by atomic mass is 9.90. The first-order valence-electron chi connectivity index (χ1n) is 11.0. The minimum Gasteiger partial charge on any atom is -0.387 e. The molecule has 180 valence electrons. The van der Waals surface area contributed by atoms with Crippen molar-refractivity contribution in [3.63, 3.8) is 0 Å². The van der Waals surface area contributed by atoms with E-state index in [9.17, 15) is 12.8 Å². The van der Waals surface area contributed by atoms with E-state index in [4.69, 9.17) is 5.41 Å². The van der Waals surface area contributed by atoms with Crippen LogP contribution in [-0.4, -0.2) is 37.0 Å². The highest BCUT2D eigenvalue weighted by molar-refractivity contribution is 9.12. The molecule has 0 saturated carbocycles. The summed E-state index contributed by atoms with van der Waals surface area (Å²) >= 11 is 3.32. The molecule has 0 bridgehead atoms. The summed E-state index contributed by atoms with van der Waals surface area (Å²) in [5, 5.41) is 10.6. The van der Waals surface area contributed by atoms with Gasteiger partial charge in [0.1, 0.15) is 5.82 Å². The number of hydrogen-bond donors (Lipinski definition) is 2. The number of aromatic nitrogens is 1. The number of benzene rings is 1. The molecule has 1 aliphatic rings. The zero-order valence-electron chi connectivity index (χ0n) is 18.7. The van der Waals surface area contributed by atoms with Gasteiger partial charge in [-0.25, -0.2) is 12.8 Å². The maximum absolute atomic E-state index is 13.3. The SMILES string of the molecule is N=CC(Br)=CC/C=C(\C=CNCc1cccnc1)C1CCCN(S(=O)(=O)c2ccc(F)cc2)C1. The molecule has 34 heavy (non-hydrogen) atoms. The Bertz CT molecular complexity index is 1150. The van der Waals surface area contributed by atoms with Crippen molar-refractivity contribution in [3.8, 4) is 0 Å². The zero-order valence-corrected chi connectivity index (χ0v) is 21.1. The average molecular weight is 547 g/mol. The van der Waals surface area contributed by atoms with Gasteiger partial charge in [-0.15, -0.1) is 0 Å². The molecule has 0 aliphatic carbocycles. The summed E-state index contributed by atoms with van der Waals surface area (Å²) in [7, 11) is -3.70. The first kappa shape index (κ1) is 26.0. The van der Waals surface area contributed by atoms with Gasteiger partial charge in [0.2, 0.25) is 10.0 Å². The van der Waals surface area contributed by atoms with Crippen molar-refractivity contribution in [1.29, 1.82) is 5.41 Å². The number of nitrogens with zero attached hydrogens (tertiary/aromatic N) is 2. The molecule has 0 amide bonds. The smallest absolute Gasteiger partial charge is 0.243 e. The molecule has 1 unspecified atom stereocenters. The molecule has 0 radical (unpaired) electrons. The Morgan fingerprint density at radius 1 is 1.26 bits per heavy atom. The number of nitrogens with one attached hydrogen (secondary N) is 2. The summed E-state index contributed by atoms with van der Waals surface area (Å²) in [6, 6.07) is 8.84. The second kappa shape index (κ2) is 12.7. The molecule has 1 fully saturated rings. The van der Waals surface area contributed by atoms with E-state index in [-0.39, 0.29) is 10.8 Å². The topological polar surface area (TPSA) is 86.2 Å². The quantitative estimate of drug-likeness (QED) is 0.318. The van der Waals surface area contributed by atoms with E-state index in [0.717, 1.165) is 24.0 Å². The van der Waals surface area contributed by atoms with Crippen LogP contribution in [0.4, 0.5) is 4.39 Å². The number of halogens is 2. The van der Waals surface area contributed by atoms with Crippen molar-refractivity contribution < 1.29 is 12.8 Å². The Morgan fingerprint density at radius 2 is 2.06 bits per heavy atom. The molecule has 0 spiro atoms. The standard InChI is InChI=1S/C25H28BrFN4O2S/c26-23(16-28)7-1-5-21(12-14-30-18-20-4-2-13-29-17-20)22-6-3-15-31(19-22)34(32,33)25-10-8-24(27)9-11-25/h2,4-5,7-14,16-17,22,28,30H,1,3,6,15,18-19H2/b14-12?,21-5+,23-7?,28-16?. The second-order valence-electron chi connectivity index (χ2n) is 7.90. The van der Waals surface area contributed by atoms with E-state index < -0.39 is 15.8 Å². The lowest BCUT2D eigenvalue weighted by Gasteiger charge is -2.32. The maximum Gasteiger partial charge on any atom is 0.243 e. The van der Waals surface area contributed by atoms with Crippen LogP contribution < -0.4 is 5.32 Å². The van der Waals surface area contributed by atoms with E-state index in [1.54, 1.807) is 12.4 Å². The fourth-order valence-corrected chi connectivity index (χ4v) is 5.47. The van der Waals surface area contributed by atoms with Gasteiger partial charge in [-0.3, -0.25) is 4.98 Å². The Kier molecular flexibility index (Phi) is 9.74. The van der Waals surface area contributed by atoms with E-state index in [2.05, 4.69) is 32.3 Å². The van der Waals surface area contributed by atoms with Gasteiger partial charge in [-0.1, -0.05) is 18.2 Å². The fraction of sp³-hybridized carbons (Fsp3) is 0.280. The number of allylic oxidation sites excluding steroid dienone is 4. The number of rotatable bonds is 10. The molecule has 1 aliphatic heterocycles. The van der Waals surface area contributed by atoms with Gasteiger partial charge in [-0.05, 0) is 94.9 Å². The third kappa shape index (κ3) is 7.44. The van der Waals surface area contributed by atoms with Crippen molar-refractivity contribution in [3.05, 3.63) is 94.7 Å². The molecule has 1 atom stereocenters. The monoisotopic (exact) mass is 546 g/mol. The van der Waals surface area contributed by atoms with Crippen LogP contribution in [0, 0.1) is 17.1 Å². The van der Waals surface area contributed by atoms with E-state index >= 15 is 0 Å². The Hall–Kier alpha value is -2.62. The summed E-state index contributed by atoms with van der Waals surface area (Å²) in [6.07, 6.45) is 14.8. The lowest BCUT2D eigenvalue weighted by molar-refractivity contribution is 0.294. The van der Waals surface area contributed by atoms with Crippen molar-refractivity contribution in [2.24, 2.45) is 5.92 Å². The normalized spacial score (nSPS) is 18.2. The Balaban J connectivity index is 1.75. The van der Waals surface area contributed by atoms with Gasteiger partial charge in [0.15, 0.2) is 0 Å². The molecule has 1 aromatic heterocycles. The van der Waals surface area contributed by atoms with Crippen LogP contribution in [0.2, 0.25) is 0 Å². The van der Waals surface area contributed by atoms with Crippen molar-refractivity contribution in [2.45, 2.75) is 30.7 Å². The van der Waals surface area contributed by atoms with Gasteiger partial charge in [0.25, 0.3) is 0 Å². The predicted molar refractivity (Wildman–Crippen MR) is 137 cm³/mol. The van der Waals surface area contributed by atoms with Crippen molar-refractivity contribution in [2.75, 3.05) is 13.1 Å². The van der Waals surface area contributed by atoms with Crippen LogP contribution >= 0.6 is 15.9 Å². The van der Waals surface area contributed by atoms with Crippen LogP contribution in [-0.2, 0) is 16.6 Å². The first-order valence-corrected chi connectivity index (χ1v) is 13.2. The van der Waals surface area contributed by atoms with Gasteiger partial charge in [0, 0.05) is 42.7 Å². The van der Waals surface area contributed by atoms with Gasteiger partial charge < -0.3 is 10.7 Å². The number of pyridine rings is 1. The minimum atomic E-state index is -3.70. The number of piperidine rings is 1. The summed E-state index contributed by atoms with van der Waals surface area (Å²) < 4.78 is 41.7. The van der Waals surface area contributed by atoms with E-state index in [1.807, 2.05) is 30.5 Å². The largest absolute Gasteiger partial charge is 0.387 e. The maximum atomic E-state index is 13.3. The van der Waals surface area contributed by atoms with Gasteiger partial charge >= 0.3 is 0 Å². The summed E-state index contributed by atoms with van der Waals surface area (Å²) in [4.78, 5) is 4.21. The van der Waals surface area contributed by atoms with Crippen LogP contribution in [0.1, 0.15) is 24.8 Å². The molecular formula is C25H28BrFN4O2S. The van der Waals surface area contributed by atoms with Crippen LogP contribution in [0.25, 0.3) is 0 Å². The molecule has 6 nitrogen and oxygen atoms in total. The summed E-state index contributed by atoms with van der Waals surface area (Å²) in [6.45, 7) is 1.42. The molecule has 3 rings (SSSR count). The molecule has 1 saturated heterocycles. The van der Waals surface area contributed by atoms with Gasteiger partial charge in [0.05, 0.1) is 4.90 Å². The third-order valence-corrected chi connectivity index (χ3v) is 7.97. The fourth-order valence-electron chi connectivity index (χ4n) is 3.76. The minimum absolute atomic E-state index is 0.0209. The Morgan fingerprint density at radius 3 is 2.76 bits per heavy atom. The third-order valence-electron chi connectivity index (χ3n) is 5.53. The zero-order chi connectivity index (χ0) is 24.4. The molecule has 1 aromatic carbocycles.